The van der Waals surface area contributed by atoms with Crippen LogP contribution in [0.5, 0.6) is 0 Å². The molecule has 30 heavy (non-hydrogen) atoms. The Morgan fingerprint density at radius 3 is 2.43 bits per heavy atom. The number of carbonyl (C=O) groups excluding carboxylic acids is 1. The maximum atomic E-state index is 13.4. The molecule has 1 aromatic carbocycles. The molecule has 1 amide bonds. The molecule has 0 aliphatic heterocycles. The number of nitrogens with zero attached hydrogens (tertiary/aromatic N) is 2. The third kappa shape index (κ3) is 3.87. The van der Waals surface area contributed by atoms with E-state index in [0.717, 1.165) is 11.3 Å². The van der Waals surface area contributed by atoms with Crippen molar-refractivity contribution in [1.29, 1.82) is 0 Å². The highest BCUT2D eigenvalue weighted by Crippen LogP contribution is 2.41. The minimum atomic E-state index is -3.85. The van der Waals surface area contributed by atoms with Crippen LogP contribution in [0.3, 0.4) is 0 Å². The number of aromatic nitrogens is 2. The molecular weight excluding hydrogens is 442 g/mol. The van der Waals surface area contributed by atoms with Crippen LogP contribution in [0.15, 0.2) is 59.1 Å². The van der Waals surface area contributed by atoms with E-state index >= 15 is 0 Å². The summed E-state index contributed by atoms with van der Waals surface area (Å²) < 4.78 is 25.3. The number of hydrogen-bond acceptors (Lipinski definition) is 6. The van der Waals surface area contributed by atoms with Gasteiger partial charge in [0, 0.05) is 28.4 Å². The summed E-state index contributed by atoms with van der Waals surface area (Å²) in [6.45, 7) is 0.187. The Morgan fingerprint density at radius 1 is 1.10 bits per heavy atom. The zero-order chi connectivity index (χ0) is 21.2. The second-order valence-corrected chi connectivity index (χ2v) is 10.8. The number of thiazole rings is 1. The lowest BCUT2D eigenvalue weighted by molar-refractivity contribution is -0.123. The van der Waals surface area contributed by atoms with Crippen molar-refractivity contribution in [3.63, 3.8) is 0 Å². The van der Waals surface area contributed by atoms with Crippen molar-refractivity contribution in [2.75, 3.05) is 0 Å². The first-order valence-electron chi connectivity index (χ1n) is 9.56. The molecule has 6 nitrogen and oxygen atoms in total. The number of rotatable bonds is 6. The van der Waals surface area contributed by atoms with Gasteiger partial charge in [-0.15, -0.1) is 11.3 Å². The van der Waals surface area contributed by atoms with Crippen molar-refractivity contribution in [2.24, 2.45) is 0 Å². The van der Waals surface area contributed by atoms with E-state index in [2.05, 4.69) is 15.3 Å². The van der Waals surface area contributed by atoms with E-state index in [4.69, 9.17) is 11.6 Å². The van der Waals surface area contributed by atoms with Crippen LogP contribution in [-0.2, 0) is 21.2 Å². The van der Waals surface area contributed by atoms with Gasteiger partial charge in [0.25, 0.3) is 0 Å². The van der Waals surface area contributed by atoms with Crippen molar-refractivity contribution in [1.82, 2.24) is 15.3 Å². The van der Waals surface area contributed by atoms with Gasteiger partial charge in [0.2, 0.25) is 5.91 Å². The highest BCUT2D eigenvalue weighted by Gasteiger charge is 2.52. The highest BCUT2D eigenvalue weighted by molar-refractivity contribution is 7.93. The van der Waals surface area contributed by atoms with Gasteiger partial charge in [0.15, 0.2) is 14.6 Å². The highest BCUT2D eigenvalue weighted by atomic mass is 35.5. The van der Waals surface area contributed by atoms with Gasteiger partial charge in [-0.2, -0.15) is 0 Å². The van der Waals surface area contributed by atoms with Gasteiger partial charge in [-0.05, 0) is 49.2 Å². The number of halogens is 1. The lowest BCUT2D eigenvalue weighted by atomic mass is 10.1. The molecule has 0 atom stereocenters. The smallest absolute Gasteiger partial charge is 0.242 e. The van der Waals surface area contributed by atoms with Gasteiger partial charge < -0.3 is 5.32 Å². The van der Waals surface area contributed by atoms with Gasteiger partial charge in [-0.3, -0.25) is 9.78 Å². The predicted molar refractivity (Wildman–Crippen MR) is 117 cm³/mol. The molecule has 0 bridgehead atoms. The van der Waals surface area contributed by atoms with Crippen LogP contribution in [0.4, 0.5) is 0 Å². The summed E-state index contributed by atoms with van der Waals surface area (Å²) in [6, 6.07) is 9.73. The van der Waals surface area contributed by atoms with E-state index in [1.165, 1.54) is 35.6 Å². The SMILES string of the molecule is O=C(NCc1nc(-c2ccncc2)cs1)C1(S(=O)(=O)c2ccc(Cl)cc2)CCCC1. The Bertz CT molecular complexity index is 1140. The van der Waals surface area contributed by atoms with Gasteiger partial charge in [0.05, 0.1) is 17.1 Å². The number of benzene rings is 1. The van der Waals surface area contributed by atoms with E-state index in [0.29, 0.717) is 35.7 Å². The number of carbonyl (C=O) groups is 1. The van der Waals surface area contributed by atoms with Crippen molar-refractivity contribution in [3.05, 3.63) is 64.2 Å². The van der Waals surface area contributed by atoms with E-state index in [1.54, 1.807) is 12.4 Å². The number of nitrogens with one attached hydrogen (secondary N) is 1. The number of amides is 1. The zero-order valence-electron chi connectivity index (χ0n) is 16.0. The minimum Gasteiger partial charge on any atom is -0.348 e. The fourth-order valence-corrected chi connectivity index (χ4v) is 6.72. The molecule has 9 heteroatoms. The standard InChI is InChI=1S/C21H20ClN3O3S2/c22-16-3-5-17(6-4-16)30(27,28)21(9-1-2-10-21)20(26)24-13-19-25-18(14-29-19)15-7-11-23-12-8-15/h3-8,11-12,14H,1-2,9-10,13H2,(H,24,26). The minimum absolute atomic E-state index is 0.123. The van der Waals surface area contributed by atoms with Crippen LogP contribution in [0.1, 0.15) is 30.7 Å². The molecule has 0 saturated heterocycles. The molecule has 1 N–H and O–H groups in total. The lowest BCUT2D eigenvalue weighted by Crippen LogP contribution is -2.50. The molecule has 1 saturated carbocycles. The van der Waals surface area contributed by atoms with E-state index in [9.17, 15) is 13.2 Å². The van der Waals surface area contributed by atoms with Crippen molar-refractivity contribution >= 4 is 38.7 Å². The summed E-state index contributed by atoms with van der Waals surface area (Å²) in [5.41, 5.74) is 1.74. The molecule has 1 aliphatic carbocycles. The summed E-state index contributed by atoms with van der Waals surface area (Å²) in [6.07, 6.45) is 5.41. The molecule has 4 rings (SSSR count). The van der Waals surface area contributed by atoms with Crippen molar-refractivity contribution in [2.45, 2.75) is 41.9 Å². The molecule has 1 aliphatic rings. The largest absolute Gasteiger partial charge is 0.348 e. The fraction of sp³-hybridized carbons (Fsp3) is 0.286. The molecule has 0 spiro atoms. The Labute approximate surface area is 184 Å². The molecule has 156 valence electrons. The van der Waals surface area contributed by atoms with E-state index in [-0.39, 0.29) is 11.4 Å². The number of hydrogen-bond donors (Lipinski definition) is 1. The molecule has 0 unspecified atom stereocenters. The van der Waals surface area contributed by atoms with Crippen molar-refractivity contribution in [3.8, 4) is 11.3 Å². The third-order valence-electron chi connectivity index (χ3n) is 5.39. The van der Waals surface area contributed by atoms with Crippen molar-refractivity contribution < 1.29 is 13.2 Å². The average molecular weight is 462 g/mol. The second kappa shape index (κ2) is 8.45. The molecular formula is C21H20ClN3O3S2. The Balaban J connectivity index is 1.53. The van der Waals surface area contributed by atoms with Gasteiger partial charge in [0.1, 0.15) is 5.01 Å². The monoisotopic (exact) mass is 461 g/mol. The maximum Gasteiger partial charge on any atom is 0.242 e. The third-order valence-corrected chi connectivity index (χ3v) is 9.01. The van der Waals surface area contributed by atoms with Gasteiger partial charge in [-0.25, -0.2) is 13.4 Å². The van der Waals surface area contributed by atoms with Crippen LogP contribution < -0.4 is 5.32 Å². The Hall–Kier alpha value is -2.29. The first kappa shape index (κ1) is 21.0. The summed E-state index contributed by atoms with van der Waals surface area (Å²) in [4.78, 5) is 21.8. The average Bonchev–Trinajstić information content (AvgIpc) is 3.44. The van der Waals surface area contributed by atoms with Crippen LogP contribution in [0, 0.1) is 0 Å². The normalized spacial score (nSPS) is 15.8. The lowest BCUT2D eigenvalue weighted by Gasteiger charge is -2.27. The summed E-state index contributed by atoms with van der Waals surface area (Å²) in [7, 11) is -3.85. The van der Waals surface area contributed by atoms with Crippen LogP contribution in [0.25, 0.3) is 11.3 Å². The topological polar surface area (TPSA) is 89.0 Å². The second-order valence-electron chi connectivity index (χ2n) is 7.20. The van der Waals surface area contributed by atoms with Crippen LogP contribution >= 0.6 is 22.9 Å². The quantitative estimate of drug-likeness (QED) is 0.592. The van der Waals surface area contributed by atoms with Gasteiger partial charge >= 0.3 is 0 Å². The first-order chi connectivity index (χ1) is 14.4. The predicted octanol–water partition coefficient (Wildman–Crippen LogP) is 4.26. The molecule has 0 radical (unpaired) electrons. The van der Waals surface area contributed by atoms with E-state index in [1.807, 2.05) is 17.5 Å². The van der Waals surface area contributed by atoms with Crippen LogP contribution in [0.2, 0.25) is 5.02 Å². The molecule has 3 aromatic rings. The zero-order valence-corrected chi connectivity index (χ0v) is 18.4. The number of pyridine rings is 1. The van der Waals surface area contributed by atoms with E-state index < -0.39 is 20.5 Å². The summed E-state index contributed by atoms with van der Waals surface area (Å²) in [5, 5.41) is 5.90. The fourth-order valence-electron chi connectivity index (χ4n) is 3.77. The molecule has 2 aromatic heterocycles. The number of sulfone groups is 1. The van der Waals surface area contributed by atoms with Gasteiger partial charge in [-0.1, -0.05) is 24.4 Å². The molecule has 2 heterocycles. The maximum absolute atomic E-state index is 13.4. The van der Waals surface area contributed by atoms with Crippen LogP contribution in [-0.4, -0.2) is 29.0 Å². The molecule has 1 fully saturated rings. The Morgan fingerprint density at radius 2 is 1.77 bits per heavy atom. The summed E-state index contributed by atoms with van der Waals surface area (Å²) in [5.74, 6) is -0.462. The Kier molecular flexibility index (Phi) is 5.90. The first-order valence-corrected chi connectivity index (χ1v) is 12.3. The summed E-state index contributed by atoms with van der Waals surface area (Å²) >= 11 is 7.32.